The molecule has 184 valence electrons. The van der Waals surface area contributed by atoms with Gasteiger partial charge in [0.1, 0.15) is 18.9 Å². The molecule has 0 fully saturated rings. The van der Waals surface area contributed by atoms with Crippen molar-refractivity contribution >= 4 is 41.5 Å². The molecule has 1 aliphatic rings. The van der Waals surface area contributed by atoms with Crippen molar-refractivity contribution in [3.63, 3.8) is 0 Å². The molecule has 0 unspecified atom stereocenters. The average Bonchev–Trinajstić information content (AvgIpc) is 3.12. The van der Waals surface area contributed by atoms with Crippen LogP contribution in [0.25, 0.3) is 11.0 Å². The van der Waals surface area contributed by atoms with Gasteiger partial charge in [0.15, 0.2) is 11.5 Å². The summed E-state index contributed by atoms with van der Waals surface area (Å²) in [6.07, 6.45) is 1.44. The number of fused-ring (bicyclic) bond motifs is 2. The van der Waals surface area contributed by atoms with Gasteiger partial charge in [0.2, 0.25) is 5.95 Å². The van der Waals surface area contributed by atoms with Gasteiger partial charge in [-0.15, -0.1) is 0 Å². The number of aromatic nitrogens is 2. The van der Waals surface area contributed by atoms with Crippen molar-refractivity contribution in [2.45, 2.75) is 20.4 Å². The van der Waals surface area contributed by atoms with Gasteiger partial charge in [-0.3, -0.25) is 14.7 Å². The molecule has 1 aliphatic heterocycles. The molecule has 2 heterocycles. The van der Waals surface area contributed by atoms with Gasteiger partial charge in [-0.2, -0.15) is 0 Å². The van der Waals surface area contributed by atoms with E-state index in [2.05, 4.69) is 15.6 Å². The molecule has 1 aromatic heterocycles. The Balaban J connectivity index is 1.75. The van der Waals surface area contributed by atoms with Crippen LogP contribution in [0.4, 0.5) is 5.95 Å². The van der Waals surface area contributed by atoms with Crippen molar-refractivity contribution in [3.8, 4) is 11.5 Å². The molecule has 3 aromatic rings. The summed E-state index contributed by atoms with van der Waals surface area (Å²) in [4.78, 5) is 36.4. The fraction of sp³-hybridized carbons (Fsp3) is 0.261. The highest BCUT2D eigenvalue weighted by Gasteiger charge is 2.21. The standard InChI is InChI=1S/C23H26N5O6P/c1-3-25-18(10-14(2)24)22(29)27-23-26-17-11-20-21(34-9-8-33-20)12-19(17)28(23)13-15-4-6-16(7-5-15)35(30,31)32/h4-7,10-12,24-25H,3,8-9,13H2,1-2H3,(H,26,27,29)(H2,30,31,32)/b18-10-,24-14?. The number of imidazole rings is 1. The van der Waals surface area contributed by atoms with Crippen molar-refractivity contribution in [1.82, 2.24) is 14.9 Å². The van der Waals surface area contributed by atoms with Crippen LogP contribution in [-0.4, -0.2) is 50.7 Å². The maximum Gasteiger partial charge on any atom is 0.356 e. The molecule has 0 atom stereocenters. The Morgan fingerprint density at radius 3 is 2.46 bits per heavy atom. The molecule has 0 bridgehead atoms. The molecule has 1 amide bonds. The van der Waals surface area contributed by atoms with Crippen LogP contribution in [0.2, 0.25) is 0 Å². The van der Waals surface area contributed by atoms with Crippen molar-refractivity contribution < 1.29 is 28.6 Å². The molecule has 0 spiro atoms. The monoisotopic (exact) mass is 499 g/mol. The Morgan fingerprint density at radius 1 is 1.20 bits per heavy atom. The second kappa shape index (κ2) is 9.91. The van der Waals surface area contributed by atoms with Gasteiger partial charge < -0.3 is 34.6 Å². The highest BCUT2D eigenvalue weighted by atomic mass is 31.2. The van der Waals surface area contributed by atoms with Crippen LogP contribution >= 0.6 is 7.60 Å². The van der Waals surface area contributed by atoms with Gasteiger partial charge in [-0.1, -0.05) is 12.1 Å². The van der Waals surface area contributed by atoms with E-state index in [0.29, 0.717) is 42.3 Å². The van der Waals surface area contributed by atoms with E-state index in [1.165, 1.54) is 18.2 Å². The predicted octanol–water partition coefficient (Wildman–Crippen LogP) is 2.13. The van der Waals surface area contributed by atoms with E-state index >= 15 is 0 Å². The lowest BCUT2D eigenvalue weighted by Crippen LogP contribution is -2.27. The number of nitrogens with zero attached hydrogens (tertiary/aromatic N) is 2. The van der Waals surface area contributed by atoms with Gasteiger partial charge in [0.05, 0.1) is 22.9 Å². The third-order valence-electron chi connectivity index (χ3n) is 5.22. The fourth-order valence-corrected chi connectivity index (χ4v) is 4.21. The van der Waals surface area contributed by atoms with Crippen molar-refractivity contribution in [2.75, 3.05) is 25.1 Å². The first kappa shape index (κ1) is 24.5. The molecule has 35 heavy (non-hydrogen) atoms. The number of hydrogen-bond acceptors (Lipinski definition) is 7. The number of likely N-dealkylation sites (N-methyl/N-ethyl adjacent to an activating group) is 1. The number of nitrogens with one attached hydrogen (secondary N) is 3. The molecule has 2 aromatic carbocycles. The topological polar surface area (TPSA) is 159 Å². The zero-order valence-electron chi connectivity index (χ0n) is 19.2. The van der Waals surface area contributed by atoms with E-state index in [-0.39, 0.29) is 29.2 Å². The minimum Gasteiger partial charge on any atom is -0.486 e. The summed E-state index contributed by atoms with van der Waals surface area (Å²) in [7, 11) is -4.36. The van der Waals surface area contributed by atoms with Crippen molar-refractivity contribution in [3.05, 3.63) is 53.7 Å². The lowest BCUT2D eigenvalue weighted by Gasteiger charge is -2.18. The Kier molecular flexibility index (Phi) is 6.93. The molecule has 12 heteroatoms. The zero-order chi connectivity index (χ0) is 25.2. The maximum atomic E-state index is 13.0. The van der Waals surface area contributed by atoms with Crippen LogP contribution in [0.3, 0.4) is 0 Å². The quantitative estimate of drug-likeness (QED) is 0.179. The third kappa shape index (κ3) is 5.54. The molecule has 0 aliphatic carbocycles. The fourth-order valence-electron chi connectivity index (χ4n) is 3.67. The molecule has 4 rings (SSSR count). The summed E-state index contributed by atoms with van der Waals surface area (Å²) in [6.45, 7) is 5.02. The first-order valence-corrected chi connectivity index (χ1v) is 12.5. The number of allylic oxidation sites excluding steroid dienone is 1. The van der Waals surface area contributed by atoms with Crippen LogP contribution in [0.1, 0.15) is 19.4 Å². The number of amides is 1. The van der Waals surface area contributed by atoms with Gasteiger partial charge in [0, 0.05) is 24.4 Å². The summed E-state index contributed by atoms with van der Waals surface area (Å²) in [5.74, 6) is 0.930. The Labute approximate surface area is 201 Å². The van der Waals surface area contributed by atoms with E-state index in [1.807, 2.05) is 6.92 Å². The van der Waals surface area contributed by atoms with Crippen molar-refractivity contribution in [1.29, 1.82) is 5.41 Å². The zero-order valence-corrected chi connectivity index (χ0v) is 20.1. The number of rotatable bonds is 8. The average molecular weight is 499 g/mol. The van der Waals surface area contributed by atoms with E-state index in [9.17, 15) is 19.1 Å². The molecular weight excluding hydrogens is 473 g/mol. The Bertz CT molecular complexity index is 1360. The van der Waals surface area contributed by atoms with E-state index in [4.69, 9.17) is 14.9 Å². The van der Waals surface area contributed by atoms with E-state index < -0.39 is 13.5 Å². The largest absolute Gasteiger partial charge is 0.486 e. The molecule has 11 nitrogen and oxygen atoms in total. The number of carbonyl (C=O) groups excluding carboxylic acids is 1. The van der Waals surface area contributed by atoms with Crippen LogP contribution < -0.4 is 25.4 Å². The number of carbonyl (C=O) groups is 1. The molecule has 0 saturated heterocycles. The number of benzene rings is 2. The van der Waals surface area contributed by atoms with E-state index in [0.717, 1.165) is 5.56 Å². The van der Waals surface area contributed by atoms with E-state index in [1.54, 1.807) is 35.8 Å². The Hall–Kier alpha value is -3.66. The number of ether oxygens (including phenoxy) is 2. The SMILES string of the molecule is CCN/C(=C\C(C)=N)C(=O)Nc1nc2cc3c(cc2n1Cc1ccc(P(=O)(O)O)cc1)OCCO3. The first-order valence-electron chi connectivity index (χ1n) is 10.9. The van der Waals surface area contributed by atoms with Crippen LogP contribution in [-0.2, 0) is 15.9 Å². The minimum atomic E-state index is -4.36. The lowest BCUT2D eigenvalue weighted by atomic mass is 10.2. The maximum absolute atomic E-state index is 13.0. The summed E-state index contributed by atoms with van der Waals surface area (Å²) in [6, 6.07) is 9.53. The molecule has 0 radical (unpaired) electrons. The normalized spacial score (nSPS) is 13.5. The van der Waals surface area contributed by atoms with Crippen molar-refractivity contribution in [2.24, 2.45) is 0 Å². The van der Waals surface area contributed by atoms with Gasteiger partial charge in [0.25, 0.3) is 5.91 Å². The molecular formula is C23H26N5O6P. The minimum absolute atomic E-state index is 0.0766. The van der Waals surface area contributed by atoms with Crippen LogP contribution in [0.5, 0.6) is 11.5 Å². The summed E-state index contributed by atoms with van der Waals surface area (Å²) in [5.41, 5.74) is 2.45. The first-order chi connectivity index (χ1) is 16.7. The van der Waals surface area contributed by atoms with Gasteiger partial charge in [-0.05, 0) is 37.6 Å². The smallest absolute Gasteiger partial charge is 0.356 e. The second-order valence-electron chi connectivity index (χ2n) is 7.94. The second-order valence-corrected chi connectivity index (χ2v) is 9.55. The van der Waals surface area contributed by atoms with Gasteiger partial charge in [-0.25, -0.2) is 4.98 Å². The third-order valence-corrected chi connectivity index (χ3v) is 6.19. The highest BCUT2D eigenvalue weighted by Crippen LogP contribution is 2.36. The summed E-state index contributed by atoms with van der Waals surface area (Å²) < 4.78 is 24.7. The van der Waals surface area contributed by atoms with Gasteiger partial charge >= 0.3 is 7.60 Å². The summed E-state index contributed by atoms with van der Waals surface area (Å²) in [5, 5.41) is 13.4. The summed E-state index contributed by atoms with van der Waals surface area (Å²) >= 11 is 0. The number of hydrogen-bond donors (Lipinski definition) is 5. The van der Waals surface area contributed by atoms with Crippen LogP contribution in [0, 0.1) is 5.41 Å². The lowest BCUT2D eigenvalue weighted by molar-refractivity contribution is -0.113. The number of anilines is 1. The Morgan fingerprint density at radius 2 is 1.86 bits per heavy atom. The molecule has 5 N–H and O–H groups in total. The molecule has 0 saturated carbocycles. The predicted molar refractivity (Wildman–Crippen MR) is 132 cm³/mol. The highest BCUT2D eigenvalue weighted by molar-refractivity contribution is 7.60. The van der Waals surface area contributed by atoms with Crippen LogP contribution in [0.15, 0.2) is 48.2 Å².